The zero-order valence-corrected chi connectivity index (χ0v) is 15.1. The third kappa shape index (κ3) is 2.20. The Morgan fingerprint density at radius 1 is 1.04 bits per heavy atom. The minimum Gasteiger partial charge on any atom is -0.393 e. The van der Waals surface area contributed by atoms with E-state index in [0.29, 0.717) is 16.7 Å². The first-order valence-corrected chi connectivity index (χ1v) is 9.93. The van der Waals surface area contributed by atoms with Gasteiger partial charge in [-0.05, 0) is 92.8 Å². The third-order valence-electron chi connectivity index (χ3n) is 8.74. The Kier molecular flexibility index (Phi) is 3.74. The van der Waals surface area contributed by atoms with E-state index in [1.165, 1.54) is 44.9 Å². The number of hydrogen-bond acceptors (Lipinski definition) is 2. The highest BCUT2D eigenvalue weighted by atomic mass is 16.3. The summed E-state index contributed by atoms with van der Waals surface area (Å²) in [6, 6.07) is 0. The first-order chi connectivity index (χ1) is 10.9. The fourth-order valence-corrected chi connectivity index (χ4v) is 7.54. The molecule has 2 nitrogen and oxygen atoms in total. The second-order valence-corrected chi connectivity index (χ2v) is 9.60. The normalized spacial score (nSPS) is 53.8. The zero-order chi connectivity index (χ0) is 16.4. The van der Waals surface area contributed by atoms with Crippen LogP contribution < -0.4 is 0 Å². The maximum Gasteiger partial charge on any atom is 0.0724 e. The van der Waals surface area contributed by atoms with Gasteiger partial charge in [0.25, 0.3) is 0 Å². The fourth-order valence-electron chi connectivity index (χ4n) is 7.54. The van der Waals surface area contributed by atoms with E-state index in [0.717, 1.165) is 24.2 Å². The largest absolute Gasteiger partial charge is 0.393 e. The van der Waals surface area contributed by atoms with E-state index in [1.807, 2.05) is 6.92 Å². The molecule has 0 radical (unpaired) electrons. The van der Waals surface area contributed by atoms with Crippen LogP contribution in [-0.2, 0) is 0 Å². The Hall–Kier alpha value is -0.340. The Balaban J connectivity index is 1.64. The van der Waals surface area contributed by atoms with Crippen LogP contribution >= 0.6 is 0 Å². The van der Waals surface area contributed by atoms with Gasteiger partial charge in [0.1, 0.15) is 0 Å². The zero-order valence-electron chi connectivity index (χ0n) is 15.1. The van der Waals surface area contributed by atoms with Crippen molar-refractivity contribution in [3.8, 4) is 0 Å². The van der Waals surface area contributed by atoms with Crippen molar-refractivity contribution in [2.75, 3.05) is 0 Å². The Bertz CT molecular complexity index is 510. The second kappa shape index (κ2) is 5.33. The molecule has 0 heterocycles. The molecule has 4 aliphatic carbocycles. The van der Waals surface area contributed by atoms with Crippen molar-refractivity contribution in [1.82, 2.24) is 0 Å². The third-order valence-corrected chi connectivity index (χ3v) is 8.74. The summed E-state index contributed by atoms with van der Waals surface area (Å²) in [5.41, 5.74) is 2.26. The standard InChI is InChI=1S/C21H34O2/c1-13(22)17-6-7-18-16-5-4-14-12-15(23)8-10-20(14,2)19(16)9-11-21(17,18)3/h12-13,15-19,22-23H,4-11H2,1-3H3/t13-,15-,16+,17-,18+,19+,20-,21+/m0/s1. The molecule has 8 atom stereocenters. The molecule has 0 saturated heterocycles. The van der Waals surface area contributed by atoms with Crippen molar-refractivity contribution < 1.29 is 10.2 Å². The molecule has 0 aliphatic heterocycles. The molecular formula is C21H34O2. The van der Waals surface area contributed by atoms with E-state index < -0.39 is 0 Å². The lowest BCUT2D eigenvalue weighted by molar-refractivity contribution is -0.0725. The molecule has 130 valence electrons. The summed E-state index contributed by atoms with van der Waals surface area (Å²) in [5.74, 6) is 2.97. The van der Waals surface area contributed by atoms with Crippen molar-refractivity contribution >= 4 is 0 Å². The van der Waals surface area contributed by atoms with Gasteiger partial charge in [-0.3, -0.25) is 0 Å². The van der Waals surface area contributed by atoms with Gasteiger partial charge in [0.05, 0.1) is 12.2 Å². The molecule has 3 saturated carbocycles. The maximum absolute atomic E-state index is 10.3. The first kappa shape index (κ1) is 16.1. The molecule has 0 unspecified atom stereocenters. The highest BCUT2D eigenvalue weighted by Crippen LogP contribution is 2.67. The highest BCUT2D eigenvalue weighted by Gasteiger charge is 2.59. The Morgan fingerprint density at radius 2 is 1.83 bits per heavy atom. The predicted molar refractivity (Wildman–Crippen MR) is 92.9 cm³/mol. The van der Waals surface area contributed by atoms with E-state index in [9.17, 15) is 10.2 Å². The van der Waals surface area contributed by atoms with Gasteiger partial charge in [0.15, 0.2) is 0 Å². The molecule has 0 amide bonds. The molecule has 0 aromatic carbocycles. The van der Waals surface area contributed by atoms with E-state index in [4.69, 9.17) is 0 Å². The van der Waals surface area contributed by atoms with E-state index in [-0.39, 0.29) is 12.2 Å². The molecule has 0 bridgehead atoms. The van der Waals surface area contributed by atoms with Gasteiger partial charge < -0.3 is 10.2 Å². The van der Waals surface area contributed by atoms with E-state index in [1.54, 1.807) is 5.57 Å². The molecule has 0 aromatic heterocycles. The fraction of sp³-hybridized carbons (Fsp3) is 0.905. The summed E-state index contributed by atoms with van der Waals surface area (Å²) in [4.78, 5) is 0. The number of fused-ring (bicyclic) bond motifs is 5. The van der Waals surface area contributed by atoms with Crippen molar-refractivity contribution in [3.05, 3.63) is 11.6 Å². The van der Waals surface area contributed by atoms with Crippen LogP contribution in [0.4, 0.5) is 0 Å². The molecule has 23 heavy (non-hydrogen) atoms. The summed E-state index contributed by atoms with van der Waals surface area (Å²) in [6.45, 7) is 6.98. The van der Waals surface area contributed by atoms with E-state index >= 15 is 0 Å². The van der Waals surface area contributed by atoms with Gasteiger partial charge in [0, 0.05) is 0 Å². The average molecular weight is 319 g/mol. The summed E-state index contributed by atoms with van der Waals surface area (Å²) in [7, 11) is 0. The lowest BCUT2D eigenvalue weighted by Crippen LogP contribution is -2.51. The second-order valence-electron chi connectivity index (χ2n) is 9.60. The minimum absolute atomic E-state index is 0.152. The predicted octanol–water partition coefficient (Wildman–Crippen LogP) is 4.31. The molecule has 0 aromatic rings. The summed E-state index contributed by atoms with van der Waals surface area (Å²) in [6.07, 6.45) is 11.6. The molecular weight excluding hydrogens is 284 g/mol. The monoisotopic (exact) mass is 318 g/mol. The smallest absolute Gasteiger partial charge is 0.0724 e. The van der Waals surface area contributed by atoms with E-state index in [2.05, 4.69) is 19.9 Å². The van der Waals surface area contributed by atoms with Crippen LogP contribution in [0.2, 0.25) is 0 Å². The molecule has 0 spiro atoms. The van der Waals surface area contributed by atoms with Crippen LogP contribution in [0, 0.1) is 34.5 Å². The van der Waals surface area contributed by atoms with Gasteiger partial charge in [-0.2, -0.15) is 0 Å². The van der Waals surface area contributed by atoms with Gasteiger partial charge in [-0.1, -0.05) is 25.5 Å². The van der Waals surface area contributed by atoms with Gasteiger partial charge in [-0.25, -0.2) is 0 Å². The molecule has 2 N–H and O–H groups in total. The van der Waals surface area contributed by atoms with Crippen molar-refractivity contribution in [2.24, 2.45) is 34.5 Å². The lowest BCUT2D eigenvalue weighted by atomic mass is 9.46. The van der Waals surface area contributed by atoms with Crippen LogP contribution in [0.3, 0.4) is 0 Å². The first-order valence-electron chi connectivity index (χ1n) is 9.93. The van der Waals surface area contributed by atoms with Crippen LogP contribution in [0.25, 0.3) is 0 Å². The molecule has 4 aliphatic rings. The summed E-state index contributed by atoms with van der Waals surface area (Å²) < 4.78 is 0. The summed E-state index contributed by atoms with van der Waals surface area (Å²) >= 11 is 0. The average Bonchev–Trinajstić information content (AvgIpc) is 2.85. The maximum atomic E-state index is 10.3. The Labute approximate surface area is 141 Å². The van der Waals surface area contributed by atoms with Crippen LogP contribution in [0.15, 0.2) is 11.6 Å². The van der Waals surface area contributed by atoms with Gasteiger partial charge >= 0.3 is 0 Å². The van der Waals surface area contributed by atoms with Crippen molar-refractivity contribution in [1.29, 1.82) is 0 Å². The van der Waals surface area contributed by atoms with Gasteiger partial charge in [-0.15, -0.1) is 0 Å². The Morgan fingerprint density at radius 3 is 2.57 bits per heavy atom. The molecule has 3 fully saturated rings. The van der Waals surface area contributed by atoms with Crippen molar-refractivity contribution in [2.45, 2.75) is 84.3 Å². The van der Waals surface area contributed by atoms with Crippen LogP contribution in [0.5, 0.6) is 0 Å². The summed E-state index contributed by atoms with van der Waals surface area (Å²) in [5, 5.41) is 20.3. The topological polar surface area (TPSA) is 40.5 Å². The molecule has 2 heteroatoms. The SMILES string of the molecule is C[C@H](O)[C@@H]1CC[C@@H]2[C@H]3CCC4=C[C@@H](O)CC[C@]4(C)[C@@H]3CC[C@@]21C. The van der Waals surface area contributed by atoms with Crippen LogP contribution in [0.1, 0.15) is 72.1 Å². The van der Waals surface area contributed by atoms with Crippen molar-refractivity contribution in [3.63, 3.8) is 0 Å². The number of aliphatic hydroxyl groups is 2. The quantitative estimate of drug-likeness (QED) is 0.707. The van der Waals surface area contributed by atoms with Crippen LogP contribution in [-0.4, -0.2) is 22.4 Å². The number of rotatable bonds is 1. The molecule has 4 rings (SSSR count). The lowest BCUT2D eigenvalue weighted by Gasteiger charge is -2.58. The number of aliphatic hydroxyl groups excluding tert-OH is 2. The minimum atomic E-state index is -0.199. The highest BCUT2D eigenvalue weighted by molar-refractivity contribution is 5.25. The number of hydrogen-bond donors (Lipinski definition) is 2. The van der Waals surface area contributed by atoms with Gasteiger partial charge in [0.2, 0.25) is 0 Å². The number of allylic oxidation sites excluding steroid dienone is 1.